The summed E-state index contributed by atoms with van der Waals surface area (Å²) in [6.45, 7) is 5.33. The quantitative estimate of drug-likeness (QED) is 0.778. The average molecular weight is 210 g/mol. The molecule has 2 rings (SSSR count). The van der Waals surface area contributed by atoms with Gasteiger partial charge in [-0.25, -0.2) is 4.98 Å². The van der Waals surface area contributed by atoms with Crippen LogP contribution in [0, 0.1) is 0 Å². The van der Waals surface area contributed by atoms with Crippen molar-refractivity contribution in [2.45, 2.75) is 52.0 Å². The smallest absolute Gasteiger partial charge is 0.181 e. The van der Waals surface area contributed by atoms with E-state index in [0.717, 1.165) is 18.0 Å². The van der Waals surface area contributed by atoms with Gasteiger partial charge in [-0.3, -0.25) is 0 Å². The third-order valence-electron chi connectivity index (χ3n) is 2.41. The summed E-state index contributed by atoms with van der Waals surface area (Å²) in [4.78, 5) is 4.18. The van der Waals surface area contributed by atoms with Gasteiger partial charge in [-0.2, -0.15) is 0 Å². The zero-order chi connectivity index (χ0) is 10.7. The van der Waals surface area contributed by atoms with E-state index >= 15 is 0 Å². The van der Waals surface area contributed by atoms with Crippen molar-refractivity contribution < 1.29 is 9.15 Å². The molecule has 0 aliphatic heterocycles. The van der Waals surface area contributed by atoms with Gasteiger partial charge in [0.1, 0.15) is 6.61 Å². The van der Waals surface area contributed by atoms with Gasteiger partial charge in [0.15, 0.2) is 12.2 Å². The van der Waals surface area contributed by atoms with Crippen LogP contribution in [0.25, 0.3) is 0 Å². The van der Waals surface area contributed by atoms with Crippen LogP contribution < -0.4 is 5.32 Å². The highest BCUT2D eigenvalue weighted by Crippen LogP contribution is 2.19. The number of hydrogen-bond donors (Lipinski definition) is 1. The van der Waals surface area contributed by atoms with Crippen LogP contribution in [0.2, 0.25) is 0 Å². The van der Waals surface area contributed by atoms with Crippen molar-refractivity contribution in [1.29, 1.82) is 0 Å². The fraction of sp³-hybridized carbons (Fsp3) is 0.727. The number of hydrogen-bond acceptors (Lipinski definition) is 4. The Balaban J connectivity index is 1.83. The first-order chi connectivity index (χ1) is 7.25. The molecule has 1 saturated carbocycles. The Bertz CT molecular complexity index is 285. The highest BCUT2D eigenvalue weighted by atomic mass is 16.5. The maximum absolute atomic E-state index is 5.49. The molecule has 0 unspecified atom stereocenters. The average Bonchev–Trinajstić information content (AvgIpc) is 2.92. The summed E-state index contributed by atoms with van der Waals surface area (Å²) in [6, 6.07) is 0.695. The molecule has 0 atom stereocenters. The summed E-state index contributed by atoms with van der Waals surface area (Å²) in [5.74, 6) is 0.844. The lowest BCUT2D eigenvalue weighted by atomic mass is 10.3. The molecule has 1 aliphatic rings. The van der Waals surface area contributed by atoms with Crippen molar-refractivity contribution in [2.24, 2.45) is 0 Å². The summed E-state index contributed by atoms with van der Waals surface area (Å²) in [6.07, 6.45) is 4.29. The van der Waals surface area contributed by atoms with Gasteiger partial charge >= 0.3 is 0 Å². The molecule has 4 nitrogen and oxygen atoms in total. The molecule has 0 amide bonds. The van der Waals surface area contributed by atoms with Crippen molar-refractivity contribution >= 4 is 0 Å². The minimum Gasteiger partial charge on any atom is -0.446 e. The van der Waals surface area contributed by atoms with E-state index in [-0.39, 0.29) is 6.10 Å². The zero-order valence-corrected chi connectivity index (χ0v) is 9.32. The maximum Gasteiger partial charge on any atom is 0.181 e. The minimum absolute atomic E-state index is 0.222. The van der Waals surface area contributed by atoms with Gasteiger partial charge in [0, 0.05) is 12.6 Å². The minimum atomic E-state index is 0.222. The van der Waals surface area contributed by atoms with Crippen molar-refractivity contribution in [3.8, 4) is 0 Å². The molecule has 1 N–H and O–H groups in total. The molecule has 1 aromatic heterocycles. The third kappa shape index (κ3) is 3.32. The van der Waals surface area contributed by atoms with Gasteiger partial charge in [0.2, 0.25) is 0 Å². The molecule has 1 aromatic rings. The Labute approximate surface area is 90.0 Å². The first-order valence-electron chi connectivity index (χ1n) is 5.52. The Morgan fingerprint density at radius 2 is 2.40 bits per heavy atom. The lowest BCUT2D eigenvalue weighted by molar-refractivity contribution is 0.0539. The molecular weight excluding hydrogens is 192 g/mol. The van der Waals surface area contributed by atoms with E-state index in [2.05, 4.69) is 10.3 Å². The number of ether oxygens (including phenoxy) is 1. The molecule has 1 fully saturated rings. The normalized spacial score (nSPS) is 16.2. The van der Waals surface area contributed by atoms with Gasteiger partial charge in [-0.05, 0) is 26.7 Å². The van der Waals surface area contributed by atoms with Crippen LogP contribution in [0.3, 0.4) is 0 Å². The van der Waals surface area contributed by atoms with Gasteiger partial charge in [0.25, 0.3) is 0 Å². The SMILES string of the molecule is CC(C)OCc1ocnc1CNC1CC1. The second-order valence-electron chi connectivity index (χ2n) is 4.24. The highest BCUT2D eigenvalue weighted by molar-refractivity contribution is 5.06. The Morgan fingerprint density at radius 1 is 1.60 bits per heavy atom. The van der Waals surface area contributed by atoms with Gasteiger partial charge in [-0.15, -0.1) is 0 Å². The van der Waals surface area contributed by atoms with E-state index < -0.39 is 0 Å². The van der Waals surface area contributed by atoms with E-state index in [9.17, 15) is 0 Å². The molecule has 1 heterocycles. The number of nitrogens with one attached hydrogen (secondary N) is 1. The second-order valence-corrected chi connectivity index (χ2v) is 4.24. The van der Waals surface area contributed by atoms with Gasteiger partial charge in [-0.1, -0.05) is 0 Å². The van der Waals surface area contributed by atoms with E-state index in [4.69, 9.17) is 9.15 Å². The first-order valence-corrected chi connectivity index (χ1v) is 5.52. The zero-order valence-electron chi connectivity index (χ0n) is 9.32. The van der Waals surface area contributed by atoms with Crippen molar-refractivity contribution in [3.05, 3.63) is 17.8 Å². The fourth-order valence-corrected chi connectivity index (χ4v) is 1.33. The molecule has 0 spiro atoms. The Hall–Kier alpha value is -0.870. The number of rotatable bonds is 6. The number of aromatic nitrogens is 1. The summed E-state index contributed by atoms with van der Waals surface area (Å²) in [7, 11) is 0. The molecule has 4 heteroatoms. The van der Waals surface area contributed by atoms with Crippen molar-refractivity contribution in [3.63, 3.8) is 0 Å². The largest absolute Gasteiger partial charge is 0.446 e. The van der Waals surface area contributed by atoms with Crippen LogP contribution >= 0.6 is 0 Å². The van der Waals surface area contributed by atoms with Crippen LogP contribution in [0.15, 0.2) is 10.8 Å². The van der Waals surface area contributed by atoms with E-state index in [1.165, 1.54) is 19.2 Å². The van der Waals surface area contributed by atoms with E-state index in [1.807, 2.05) is 13.8 Å². The monoisotopic (exact) mass is 210 g/mol. The topological polar surface area (TPSA) is 47.3 Å². The lowest BCUT2D eigenvalue weighted by Crippen LogP contribution is -2.17. The van der Waals surface area contributed by atoms with Gasteiger partial charge < -0.3 is 14.5 Å². The van der Waals surface area contributed by atoms with Crippen LogP contribution in [0.4, 0.5) is 0 Å². The van der Waals surface area contributed by atoms with Crippen LogP contribution in [-0.4, -0.2) is 17.1 Å². The molecule has 0 aromatic carbocycles. The summed E-state index contributed by atoms with van der Waals surface area (Å²) < 4.78 is 10.8. The standard InChI is InChI=1S/C11H18N2O2/c1-8(2)14-6-11-10(13-7-15-11)5-12-9-3-4-9/h7-9,12H,3-6H2,1-2H3. The Kier molecular flexibility index (Phi) is 3.38. The molecule has 1 aliphatic carbocycles. The predicted molar refractivity (Wildman–Crippen MR) is 56.3 cm³/mol. The van der Waals surface area contributed by atoms with Crippen LogP contribution in [0.5, 0.6) is 0 Å². The molecular formula is C11H18N2O2. The first kappa shape index (κ1) is 10.6. The molecule has 0 bridgehead atoms. The summed E-state index contributed by atoms with van der Waals surface area (Å²) >= 11 is 0. The van der Waals surface area contributed by atoms with Crippen molar-refractivity contribution in [2.75, 3.05) is 0 Å². The highest BCUT2D eigenvalue weighted by Gasteiger charge is 2.21. The third-order valence-corrected chi connectivity index (χ3v) is 2.41. The van der Waals surface area contributed by atoms with E-state index in [1.54, 1.807) is 0 Å². The lowest BCUT2D eigenvalue weighted by Gasteiger charge is -2.06. The Morgan fingerprint density at radius 3 is 3.07 bits per heavy atom. The molecule has 0 radical (unpaired) electrons. The second kappa shape index (κ2) is 4.77. The molecule has 15 heavy (non-hydrogen) atoms. The summed E-state index contributed by atoms with van der Waals surface area (Å²) in [5, 5.41) is 3.41. The van der Waals surface area contributed by atoms with Gasteiger partial charge in [0.05, 0.1) is 11.8 Å². The van der Waals surface area contributed by atoms with E-state index in [0.29, 0.717) is 12.6 Å². The number of nitrogens with zero attached hydrogens (tertiary/aromatic N) is 1. The van der Waals surface area contributed by atoms with Crippen molar-refractivity contribution in [1.82, 2.24) is 10.3 Å². The van der Waals surface area contributed by atoms with Crippen LogP contribution in [0.1, 0.15) is 38.1 Å². The molecule has 84 valence electrons. The number of oxazole rings is 1. The van der Waals surface area contributed by atoms with Crippen LogP contribution in [-0.2, 0) is 17.9 Å². The molecule has 0 saturated heterocycles. The fourth-order valence-electron chi connectivity index (χ4n) is 1.33. The summed E-state index contributed by atoms with van der Waals surface area (Å²) in [5.41, 5.74) is 0.975. The maximum atomic E-state index is 5.49. The predicted octanol–water partition coefficient (Wildman–Crippen LogP) is 1.85.